The highest BCUT2D eigenvalue weighted by molar-refractivity contribution is 5.57. The Balaban J connectivity index is 2.14. The number of nitrogens with two attached hydrogens (primary N) is 1. The number of aliphatic hydroxyl groups is 1. The first-order valence-corrected chi connectivity index (χ1v) is 6.92. The van der Waals surface area contributed by atoms with Crippen LogP contribution in [0.4, 0.5) is 11.6 Å². The molecule has 0 aromatic carbocycles. The predicted molar refractivity (Wildman–Crippen MR) is 75.8 cm³/mol. The topological polar surface area (TPSA) is 96.1 Å². The first-order chi connectivity index (χ1) is 9.13. The Morgan fingerprint density at radius 2 is 1.84 bits per heavy atom. The van der Waals surface area contributed by atoms with E-state index in [0.717, 1.165) is 49.3 Å². The van der Waals surface area contributed by atoms with Crippen LogP contribution >= 0.6 is 0 Å². The Bertz CT molecular complexity index is 429. The van der Waals surface area contributed by atoms with E-state index in [1.165, 1.54) is 0 Å². The van der Waals surface area contributed by atoms with Gasteiger partial charge in [0, 0.05) is 18.0 Å². The van der Waals surface area contributed by atoms with Gasteiger partial charge in [0.05, 0.1) is 6.10 Å². The van der Waals surface area contributed by atoms with Gasteiger partial charge in [-0.15, -0.1) is 0 Å². The minimum atomic E-state index is -0.142. The van der Waals surface area contributed by atoms with Crippen LogP contribution in [0.1, 0.15) is 44.0 Å². The lowest BCUT2D eigenvalue weighted by Gasteiger charge is -2.27. The Hall–Kier alpha value is -1.40. The van der Waals surface area contributed by atoms with Crippen molar-refractivity contribution in [1.29, 1.82) is 0 Å². The fraction of sp³-hybridized carbons (Fsp3) is 0.692. The van der Waals surface area contributed by atoms with E-state index in [-0.39, 0.29) is 6.10 Å². The molecule has 106 valence electrons. The number of nitrogens with zero attached hydrogens (tertiary/aromatic N) is 2. The number of hydrazine groups is 1. The van der Waals surface area contributed by atoms with Gasteiger partial charge in [-0.3, -0.25) is 0 Å². The van der Waals surface area contributed by atoms with E-state index in [2.05, 4.69) is 20.7 Å². The van der Waals surface area contributed by atoms with Crippen LogP contribution in [0.25, 0.3) is 0 Å². The van der Waals surface area contributed by atoms with Crippen molar-refractivity contribution < 1.29 is 5.11 Å². The molecule has 1 heterocycles. The van der Waals surface area contributed by atoms with Gasteiger partial charge in [-0.05, 0) is 32.6 Å². The molecule has 0 bridgehead atoms. The monoisotopic (exact) mass is 265 g/mol. The van der Waals surface area contributed by atoms with Crippen LogP contribution in [0.15, 0.2) is 0 Å². The number of hydrogen-bond donors (Lipinski definition) is 4. The van der Waals surface area contributed by atoms with Gasteiger partial charge in [-0.1, -0.05) is 6.92 Å². The molecule has 0 aliphatic heterocycles. The quantitative estimate of drug-likeness (QED) is 0.485. The molecule has 1 fully saturated rings. The van der Waals surface area contributed by atoms with Crippen LogP contribution in [0.2, 0.25) is 0 Å². The summed E-state index contributed by atoms with van der Waals surface area (Å²) in [5.74, 6) is 7.79. The summed E-state index contributed by atoms with van der Waals surface area (Å²) in [5, 5.41) is 13.0. The molecule has 5 N–H and O–H groups in total. The maximum atomic E-state index is 9.53. The van der Waals surface area contributed by atoms with Crippen molar-refractivity contribution in [1.82, 2.24) is 9.97 Å². The molecule has 6 heteroatoms. The number of rotatable bonds is 4. The summed E-state index contributed by atoms with van der Waals surface area (Å²) in [7, 11) is 0. The molecule has 1 saturated carbocycles. The minimum absolute atomic E-state index is 0.142. The number of nitrogen functional groups attached to an aromatic ring is 1. The highest BCUT2D eigenvalue weighted by Gasteiger charge is 2.20. The van der Waals surface area contributed by atoms with E-state index in [1.54, 1.807) is 0 Å². The third-order valence-electron chi connectivity index (χ3n) is 3.68. The average molecular weight is 265 g/mol. The van der Waals surface area contributed by atoms with E-state index in [9.17, 15) is 5.11 Å². The molecule has 0 saturated heterocycles. The maximum absolute atomic E-state index is 9.53. The smallest absolute Gasteiger partial charge is 0.148 e. The van der Waals surface area contributed by atoms with E-state index >= 15 is 0 Å². The highest BCUT2D eigenvalue weighted by atomic mass is 16.3. The minimum Gasteiger partial charge on any atom is -0.393 e. The van der Waals surface area contributed by atoms with Crippen molar-refractivity contribution in [2.24, 2.45) is 5.84 Å². The van der Waals surface area contributed by atoms with Crippen molar-refractivity contribution in [3.05, 3.63) is 11.4 Å². The maximum Gasteiger partial charge on any atom is 0.148 e. The summed E-state index contributed by atoms with van der Waals surface area (Å²) in [6.45, 7) is 3.97. The summed E-state index contributed by atoms with van der Waals surface area (Å²) >= 11 is 0. The van der Waals surface area contributed by atoms with Gasteiger partial charge in [0.1, 0.15) is 17.5 Å². The number of anilines is 2. The molecular formula is C13H23N5O. The Morgan fingerprint density at radius 3 is 2.42 bits per heavy atom. The van der Waals surface area contributed by atoms with E-state index in [1.807, 2.05) is 13.8 Å². The highest BCUT2D eigenvalue weighted by Crippen LogP contribution is 2.25. The van der Waals surface area contributed by atoms with E-state index < -0.39 is 0 Å². The summed E-state index contributed by atoms with van der Waals surface area (Å²) in [4.78, 5) is 8.88. The van der Waals surface area contributed by atoms with Crippen molar-refractivity contribution in [2.45, 2.75) is 58.1 Å². The SMILES string of the molecule is CCc1nc(NN)c(C)c(NC2CCC(O)CC2)n1. The van der Waals surface area contributed by atoms with Gasteiger partial charge in [0.15, 0.2) is 0 Å². The number of aliphatic hydroxyl groups excluding tert-OH is 1. The molecule has 6 nitrogen and oxygen atoms in total. The zero-order chi connectivity index (χ0) is 13.8. The lowest BCUT2D eigenvalue weighted by Crippen LogP contribution is -2.29. The second-order valence-electron chi connectivity index (χ2n) is 5.11. The van der Waals surface area contributed by atoms with Crippen LogP contribution in [0, 0.1) is 6.92 Å². The molecule has 1 aromatic rings. The Kier molecular flexibility index (Phi) is 4.55. The summed E-state index contributed by atoms with van der Waals surface area (Å²) in [6.07, 6.45) is 4.27. The molecule has 0 radical (unpaired) electrons. The first-order valence-electron chi connectivity index (χ1n) is 6.92. The molecule has 2 rings (SSSR count). The molecule has 0 unspecified atom stereocenters. The summed E-state index contributed by atoms with van der Waals surface area (Å²) in [5.41, 5.74) is 3.56. The Labute approximate surface area is 113 Å². The zero-order valence-electron chi connectivity index (χ0n) is 11.6. The number of hydrogen-bond acceptors (Lipinski definition) is 6. The van der Waals surface area contributed by atoms with E-state index in [4.69, 9.17) is 5.84 Å². The molecule has 19 heavy (non-hydrogen) atoms. The van der Waals surface area contributed by atoms with Gasteiger partial charge in [-0.2, -0.15) is 0 Å². The van der Waals surface area contributed by atoms with Crippen molar-refractivity contribution >= 4 is 11.6 Å². The van der Waals surface area contributed by atoms with Crippen molar-refractivity contribution in [3.8, 4) is 0 Å². The molecule has 0 amide bonds. The van der Waals surface area contributed by atoms with Crippen LogP contribution in [0.5, 0.6) is 0 Å². The van der Waals surface area contributed by atoms with Gasteiger partial charge >= 0.3 is 0 Å². The molecule has 1 aromatic heterocycles. The standard InChI is InChI=1S/C13H23N5O/c1-3-11-16-12(8(2)13(17-11)18-14)15-9-4-6-10(19)7-5-9/h9-10,19H,3-7,14H2,1-2H3,(H2,15,16,17,18). The van der Waals surface area contributed by atoms with Crippen LogP contribution < -0.4 is 16.6 Å². The third kappa shape index (κ3) is 3.33. The summed E-state index contributed by atoms with van der Waals surface area (Å²) < 4.78 is 0. The van der Waals surface area contributed by atoms with Gasteiger partial charge in [0.25, 0.3) is 0 Å². The lowest BCUT2D eigenvalue weighted by molar-refractivity contribution is 0.126. The van der Waals surface area contributed by atoms with Gasteiger partial charge in [-0.25, -0.2) is 15.8 Å². The third-order valence-corrected chi connectivity index (χ3v) is 3.68. The molecular weight excluding hydrogens is 242 g/mol. The molecule has 0 spiro atoms. The first kappa shape index (κ1) is 14.0. The molecule has 1 aliphatic rings. The normalized spacial score (nSPS) is 23.2. The predicted octanol–water partition coefficient (Wildman–Crippen LogP) is 1.35. The number of aromatic nitrogens is 2. The van der Waals surface area contributed by atoms with Crippen LogP contribution in [-0.4, -0.2) is 27.2 Å². The average Bonchev–Trinajstić information content (AvgIpc) is 2.43. The largest absolute Gasteiger partial charge is 0.393 e. The zero-order valence-corrected chi connectivity index (χ0v) is 11.6. The second kappa shape index (κ2) is 6.16. The fourth-order valence-corrected chi connectivity index (χ4v) is 2.42. The summed E-state index contributed by atoms with van der Waals surface area (Å²) in [6, 6.07) is 0.368. The van der Waals surface area contributed by atoms with Crippen molar-refractivity contribution in [3.63, 3.8) is 0 Å². The number of nitrogens with one attached hydrogen (secondary N) is 2. The fourth-order valence-electron chi connectivity index (χ4n) is 2.42. The molecule has 1 aliphatic carbocycles. The van der Waals surface area contributed by atoms with Gasteiger partial charge < -0.3 is 15.8 Å². The lowest BCUT2D eigenvalue weighted by atomic mass is 9.93. The van der Waals surface area contributed by atoms with Crippen molar-refractivity contribution in [2.75, 3.05) is 10.7 Å². The van der Waals surface area contributed by atoms with Crippen LogP contribution in [-0.2, 0) is 6.42 Å². The number of aryl methyl sites for hydroxylation is 1. The second-order valence-corrected chi connectivity index (χ2v) is 5.11. The van der Waals surface area contributed by atoms with Crippen LogP contribution in [0.3, 0.4) is 0 Å². The Morgan fingerprint density at radius 1 is 1.21 bits per heavy atom. The van der Waals surface area contributed by atoms with E-state index in [0.29, 0.717) is 11.9 Å². The molecule has 0 atom stereocenters. The van der Waals surface area contributed by atoms with Gasteiger partial charge in [0.2, 0.25) is 0 Å².